The number of benzene rings is 1. The third-order valence-electron chi connectivity index (χ3n) is 3.29. The van der Waals surface area contributed by atoms with E-state index in [2.05, 4.69) is 16.6 Å². The first kappa shape index (κ1) is 15.5. The Morgan fingerprint density at radius 3 is 2.36 bits per heavy atom. The van der Waals surface area contributed by atoms with Crippen LogP contribution in [0, 0.1) is 5.92 Å². The average molecular weight is 301 g/mol. The topological polar surface area (TPSA) is 81.7 Å². The molecule has 0 aliphatic carbocycles. The average Bonchev–Trinajstić information content (AvgIpc) is 2.80. The van der Waals surface area contributed by atoms with Crippen LogP contribution in [0.15, 0.2) is 42.1 Å². The highest BCUT2D eigenvalue weighted by Gasteiger charge is 2.37. The first-order valence-electron chi connectivity index (χ1n) is 6.46. The van der Waals surface area contributed by atoms with Gasteiger partial charge in [-0.25, -0.2) is 4.79 Å². The van der Waals surface area contributed by atoms with Gasteiger partial charge >= 0.3 is 11.9 Å². The Balaban J connectivity index is 2.34. The molecule has 1 atom stereocenters. The van der Waals surface area contributed by atoms with Crippen LogP contribution >= 0.6 is 0 Å². The van der Waals surface area contributed by atoms with Gasteiger partial charge < -0.3 is 14.8 Å². The fourth-order valence-electron chi connectivity index (χ4n) is 2.16. The van der Waals surface area contributed by atoms with Crippen LogP contribution in [0.4, 0.5) is 0 Å². The van der Waals surface area contributed by atoms with Gasteiger partial charge in [-0.15, -0.1) is 0 Å². The van der Waals surface area contributed by atoms with Crippen molar-refractivity contribution in [2.45, 2.75) is 0 Å². The lowest BCUT2D eigenvalue weighted by Gasteiger charge is -2.08. The molecule has 1 aromatic carbocycles. The molecule has 1 aliphatic heterocycles. The summed E-state index contributed by atoms with van der Waals surface area (Å²) in [5.41, 5.74) is 1.60. The highest BCUT2D eigenvalue weighted by molar-refractivity contribution is 6.08. The summed E-state index contributed by atoms with van der Waals surface area (Å²) in [5, 5.41) is 2.51. The molecule has 0 bridgehead atoms. The zero-order valence-corrected chi connectivity index (χ0v) is 12.2. The van der Waals surface area contributed by atoms with Crippen LogP contribution in [-0.4, -0.2) is 32.1 Å². The molecule has 0 radical (unpaired) electrons. The molecule has 0 saturated carbocycles. The summed E-state index contributed by atoms with van der Waals surface area (Å²) in [6.45, 7) is 3.66. The van der Waals surface area contributed by atoms with Gasteiger partial charge in [-0.1, -0.05) is 18.7 Å². The van der Waals surface area contributed by atoms with Crippen molar-refractivity contribution >= 4 is 23.9 Å². The van der Waals surface area contributed by atoms with E-state index < -0.39 is 23.8 Å². The highest BCUT2D eigenvalue weighted by Crippen LogP contribution is 2.28. The van der Waals surface area contributed by atoms with Crippen molar-refractivity contribution in [2.24, 2.45) is 5.92 Å². The smallest absolute Gasteiger partial charge is 0.337 e. The maximum Gasteiger partial charge on any atom is 0.337 e. The Kier molecular flexibility index (Phi) is 4.41. The summed E-state index contributed by atoms with van der Waals surface area (Å²) in [4.78, 5) is 35.1. The van der Waals surface area contributed by atoms with Crippen molar-refractivity contribution in [1.29, 1.82) is 0 Å². The molecule has 0 spiro atoms. The number of carbonyl (C=O) groups excluding carboxylic acids is 3. The van der Waals surface area contributed by atoms with Crippen LogP contribution in [0.3, 0.4) is 0 Å². The predicted octanol–water partition coefficient (Wildman–Crippen LogP) is 1.29. The molecule has 2 rings (SSSR count). The second-order valence-electron chi connectivity index (χ2n) is 4.65. The molecule has 6 nitrogen and oxygen atoms in total. The van der Waals surface area contributed by atoms with E-state index in [1.807, 2.05) is 0 Å². The van der Waals surface area contributed by atoms with E-state index in [1.54, 1.807) is 30.3 Å². The largest absolute Gasteiger partial charge is 0.468 e. The second-order valence-corrected chi connectivity index (χ2v) is 4.65. The number of ether oxygens (including phenoxy) is 2. The first-order valence-corrected chi connectivity index (χ1v) is 6.46. The minimum absolute atomic E-state index is 0.252. The quantitative estimate of drug-likeness (QED) is 0.672. The number of nitrogens with one attached hydrogen (secondary N) is 1. The van der Waals surface area contributed by atoms with Crippen molar-refractivity contribution < 1.29 is 23.9 Å². The Bertz CT molecular complexity index is 672. The lowest BCUT2D eigenvalue weighted by molar-refractivity contribution is -0.142. The standard InChI is InChI=1S/C16H15NO5/c1-9-13(16(20)22-3)12(14(18)17-9)8-10-4-6-11(7-5-10)15(19)21-2/h4-8,13H,1H2,2-3H3,(H,17,18)/b12-8-/t13-/m0/s1. The van der Waals surface area contributed by atoms with Gasteiger partial charge in [0.2, 0.25) is 0 Å². The molecular weight excluding hydrogens is 286 g/mol. The van der Waals surface area contributed by atoms with Gasteiger partial charge in [-0.2, -0.15) is 0 Å². The predicted molar refractivity (Wildman–Crippen MR) is 78.5 cm³/mol. The van der Waals surface area contributed by atoms with E-state index in [1.165, 1.54) is 14.2 Å². The fraction of sp³-hybridized carbons (Fsp3) is 0.188. The molecule has 114 valence electrons. The van der Waals surface area contributed by atoms with Crippen LogP contribution in [0.5, 0.6) is 0 Å². The fourth-order valence-corrected chi connectivity index (χ4v) is 2.16. The zero-order valence-electron chi connectivity index (χ0n) is 12.2. The molecule has 1 N–H and O–H groups in total. The Labute approximate surface area is 127 Å². The molecule has 0 aromatic heterocycles. The normalized spacial score (nSPS) is 19.0. The number of methoxy groups -OCH3 is 2. The van der Waals surface area contributed by atoms with Gasteiger partial charge in [0, 0.05) is 11.3 Å². The molecular formula is C16H15NO5. The van der Waals surface area contributed by atoms with Gasteiger partial charge in [0.1, 0.15) is 5.92 Å². The third-order valence-corrected chi connectivity index (χ3v) is 3.29. The van der Waals surface area contributed by atoms with Crippen molar-refractivity contribution in [2.75, 3.05) is 14.2 Å². The molecule has 0 unspecified atom stereocenters. The van der Waals surface area contributed by atoms with Crippen LogP contribution in [0.2, 0.25) is 0 Å². The minimum Gasteiger partial charge on any atom is -0.468 e. The van der Waals surface area contributed by atoms with E-state index in [0.29, 0.717) is 11.1 Å². The molecule has 1 fully saturated rings. The van der Waals surface area contributed by atoms with Crippen LogP contribution in [0.1, 0.15) is 15.9 Å². The molecule has 1 aromatic rings. The summed E-state index contributed by atoms with van der Waals surface area (Å²) >= 11 is 0. The zero-order chi connectivity index (χ0) is 16.3. The first-order chi connectivity index (χ1) is 10.5. The maximum atomic E-state index is 11.9. The molecule has 1 aliphatic rings. The number of hydrogen-bond acceptors (Lipinski definition) is 5. The highest BCUT2D eigenvalue weighted by atomic mass is 16.5. The molecule has 1 heterocycles. The van der Waals surface area contributed by atoms with Gasteiger partial charge in [-0.05, 0) is 23.8 Å². The molecule has 1 saturated heterocycles. The minimum atomic E-state index is -0.835. The molecule has 1 amide bonds. The Morgan fingerprint density at radius 2 is 1.82 bits per heavy atom. The van der Waals surface area contributed by atoms with Gasteiger partial charge in [-0.3, -0.25) is 9.59 Å². The van der Waals surface area contributed by atoms with E-state index in [0.717, 1.165) is 0 Å². The van der Waals surface area contributed by atoms with E-state index in [4.69, 9.17) is 4.74 Å². The maximum absolute atomic E-state index is 11.9. The summed E-state index contributed by atoms with van der Waals surface area (Å²) in [6.07, 6.45) is 1.57. The Morgan fingerprint density at radius 1 is 1.18 bits per heavy atom. The SMILES string of the molecule is C=C1NC(=O)/C(=C\c2ccc(C(=O)OC)cc2)[C@H]1C(=O)OC. The van der Waals surface area contributed by atoms with Gasteiger partial charge in [0.05, 0.1) is 19.8 Å². The lowest BCUT2D eigenvalue weighted by atomic mass is 9.97. The summed E-state index contributed by atoms with van der Waals surface area (Å²) in [5.74, 6) is -2.23. The van der Waals surface area contributed by atoms with Crippen LogP contribution < -0.4 is 5.32 Å². The summed E-state index contributed by atoms with van der Waals surface area (Å²) in [7, 11) is 2.55. The number of carbonyl (C=O) groups is 3. The third kappa shape index (κ3) is 2.90. The molecule has 6 heteroatoms. The number of hydrogen-bond donors (Lipinski definition) is 1. The lowest BCUT2D eigenvalue weighted by Crippen LogP contribution is -2.17. The monoisotopic (exact) mass is 301 g/mol. The van der Waals surface area contributed by atoms with Crippen LogP contribution in [0.25, 0.3) is 6.08 Å². The van der Waals surface area contributed by atoms with Gasteiger partial charge in [0.15, 0.2) is 0 Å². The molecule has 22 heavy (non-hydrogen) atoms. The summed E-state index contributed by atoms with van der Waals surface area (Å²) in [6, 6.07) is 6.46. The van der Waals surface area contributed by atoms with Crippen molar-refractivity contribution in [3.8, 4) is 0 Å². The van der Waals surface area contributed by atoms with Crippen LogP contribution in [-0.2, 0) is 19.1 Å². The van der Waals surface area contributed by atoms with E-state index >= 15 is 0 Å². The number of esters is 2. The number of rotatable bonds is 3. The van der Waals surface area contributed by atoms with Gasteiger partial charge in [0.25, 0.3) is 5.91 Å². The van der Waals surface area contributed by atoms with E-state index in [-0.39, 0.29) is 11.3 Å². The van der Waals surface area contributed by atoms with Crippen molar-refractivity contribution in [3.05, 3.63) is 53.2 Å². The number of amides is 1. The van der Waals surface area contributed by atoms with Crippen molar-refractivity contribution in [1.82, 2.24) is 5.32 Å². The summed E-state index contributed by atoms with van der Waals surface area (Å²) < 4.78 is 9.30. The van der Waals surface area contributed by atoms with E-state index in [9.17, 15) is 14.4 Å². The second kappa shape index (κ2) is 6.26. The van der Waals surface area contributed by atoms with Crippen molar-refractivity contribution in [3.63, 3.8) is 0 Å². The Hall–Kier alpha value is -2.89.